The Morgan fingerprint density at radius 2 is 1.73 bits per heavy atom. The highest BCUT2D eigenvalue weighted by atomic mass is 19.4. The summed E-state index contributed by atoms with van der Waals surface area (Å²) in [6.07, 6.45) is 0.302. The van der Waals surface area contributed by atoms with Crippen molar-refractivity contribution in [2.45, 2.75) is 25.2 Å². The highest BCUT2D eigenvalue weighted by molar-refractivity contribution is 5.84. The number of carbonyl (C=O) groups is 2. The van der Waals surface area contributed by atoms with E-state index < -0.39 is 24.3 Å². The number of aromatic amines is 1. The van der Waals surface area contributed by atoms with E-state index in [-0.39, 0.29) is 0 Å². The molecule has 1 saturated heterocycles. The van der Waals surface area contributed by atoms with Gasteiger partial charge in [-0.1, -0.05) is 30.3 Å². The van der Waals surface area contributed by atoms with Gasteiger partial charge in [0.1, 0.15) is 5.69 Å². The number of rotatable bonds is 6. The van der Waals surface area contributed by atoms with Gasteiger partial charge < -0.3 is 14.6 Å². The predicted molar refractivity (Wildman–Crippen MR) is 125 cm³/mol. The van der Waals surface area contributed by atoms with Gasteiger partial charge in [-0.3, -0.25) is 9.78 Å². The molecule has 5 rings (SSSR count). The van der Waals surface area contributed by atoms with Gasteiger partial charge >= 0.3 is 12.1 Å². The van der Waals surface area contributed by atoms with Crippen LogP contribution in [0.4, 0.5) is 13.2 Å². The van der Waals surface area contributed by atoms with E-state index >= 15 is 0 Å². The number of nitrogens with zero attached hydrogens (tertiary/aromatic N) is 5. The lowest BCUT2D eigenvalue weighted by Crippen LogP contribution is -2.40. The van der Waals surface area contributed by atoms with Gasteiger partial charge in [-0.25, -0.2) is 14.5 Å². The molecule has 1 atom stereocenters. The summed E-state index contributed by atoms with van der Waals surface area (Å²) in [7, 11) is 0. The summed E-state index contributed by atoms with van der Waals surface area (Å²) in [4.78, 5) is 37.8. The number of ether oxygens (including phenoxy) is 1. The van der Waals surface area contributed by atoms with Crippen molar-refractivity contribution < 1.29 is 27.5 Å². The van der Waals surface area contributed by atoms with Crippen molar-refractivity contribution in [2.75, 3.05) is 13.1 Å². The second-order valence-corrected chi connectivity index (χ2v) is 8.44. The Labute approximate surface area is 208 Å². The highest BCUT2D eigenvalue weighted by Gasteiger charge is 2.45. The Bertz CT molecular complexity index is 1410. The molecule has 37 heavy (non-hydrogen) atoms. The average Bonchev–Trinajstić information content (AvgIpc) is 3.69. The number of hydrogen-bond donors (Lipinski definition) is 1. The largest absolute Gasteiger partial charge is 0.491 e. The lowest BCUT2D eigenvalue weighted by atomic mass is 10.1. The SMILES string of the molecule is O=C(C(OC(=O)C(F)(F)F)n1cc(-c2ccnc(-c3ncc(-c4ccccc4)[nH]3)c2)cn1)N1CCCC1. The number of amides is 1. The van der Waals surface area contributed by atoms with Crippen LogP contribution in [0.5, 0.6) is 0 Å². The lowest BCUT2D eigenvalue weighted by molar-refractivity contribution is -0.211. The smallest absolute Gasteiger partial charge is 0.423 e. The Morgan fingerprint density at radius 3 is 2.46 bits per heavy atom. The Morgan fingerprint density at radius 1 is 0.973 bits per heavy atom. The second-order valence-electron chi connectivity index (χ2n) is 8.44. The molecule has 0 saturated carbocycles. The molecule has 9 nitrogen and oxygen atoms in total. The monoisotopic (exact) mass is 510 g/mol. The Kier molecular flexibility index (Phi) is 6.47. The summed E-state index contributed by atoms with van der Waals surface area (Å²) < 4.78 is 44.2. The number of H-pyrrole nitrogens is 1. The van der Waals surface area contributed by atoms with Crippen LogP contribution in [0.15, 0.2) is 67.3 Å². The minimum absolute atomic E-state index is 0.370. The minimum atomic E-state index is -5.25. The van der Waals surface area contributed by atoms with Crippen LogP contribution in [0.2, 0.25) is 0 Å². The van der Waals surface area contributed by atoms with E-state index in [0.717, 1.165) is 15.9 Å². The Hall–Kier alpha value is -4.48. The molecule has 1 aliphatic rings. The number of alkyl halides is 3. The molecule has 4 aromatic rings. The van der Waals surface area contributed by atoms with Crippen molar-refractivity contribution in [3.8, 4) is 33.9 Å². The van der Waals surface area contributed by atoms with Gasteiger partial charge in [-0.15, -0.1) is 0 Å². The van der Waals surface area contributed by atoms with Crippen LogP contribution >= 0.6 is 0 Å². The summed E-state index contributed by atoms with van der Waals surface area (Å²) >= 11 is 0. The third-order valence-corrected chi connectivity index (χ3v) is 5.92. The van der Waals surface area contributed by atoms with Crippen LogP contribution in [-0.2, 0) is 14.3 Å². The summed E-state index contributed by atoms with van der Waals surface area (Å²) in [6.45, 7) is 0.740. The number of benzene rings is 1. The van der Waals surface area contributed by atoms with Crippen molar-refractivity contribution in [3.63, 3.8) is 0 Å². The van der Waals surface area contributed by atoms with Gasteiger partial charge in [0.15, 0.2) is 5.82 Å². The molecule has 0 radical (unpaired) electrons. The average molecular weight is 510 g/mol. The van der Waals surface area contributed by atoms with Crippen LogP contribution in [0.25, 0.3) is 33.9 Å². The fraction of sp³-hybridized carbons (Fsp3) is 0.240. The summed E-state index contributed by atoms with van der Waals surface area (Å²) in [5, 5.41) is 4.05. The number of carbonyl (C=O) groups excluding carboxylic acids is 2. The number of esters is 1. The predicted octanol–water partition coefficient (Wildman–Crippen LogP) is 4.23. The zero-order chi connectivity index (χ0) is 26.0. The van der Waals surface area contributed by atoms with Crippen molar-refractivity contribution >= 4 is 11.9 Å². The zero-order valence-corrected chi connectivity index (χ0v) is 19.4. The molecule has 1 fully saturated rings. The van der Waals surface area contributed by atoms with E-state index in [0.29, 0.717) is 48.6 Å². The molecule has 0 bridgehead atoms. The second kappa shape index (κ2) is 9.88. The normalized spacial score (nSPS) is 14.5. The van der Waals surface area contributed by atoms with Gasteiger partial charge in [0.2, 0.25) is 0 Å². The minimum Gasteiger partial charge on any atom is -0.423 e. The first kappa shape index (κ1) is 24.2. The molecule has 0 aliphatic carbocycles. The first-order chi connectivity index (χ1) is 17.8. The zero-order valence-electron chi connectivity index (χ0n) is 19.4. The summed E-state index contributed by atoms with van der Waals surface area (Å²) in [5.41, 5.74) is 3.41. The molecule has 4 heterocycles. The molecule has 1 amide bonds. The molecule has 0 spiro atoms. The van der Waals surface area contributed by atoms with E-state index in [4.69, 9.17) is 0 Å². The van der Waals surface area contributed by atoms with Crippen LogP contribution in [0.3, 0.4) is 0 Å². The topological polar surface area (TPSA) is 106 Å². The number of hydrogen-bond acceptors (Lipinski definition) is 6. The maximum atomic E-state index is 12.9. The quantitative estimate of drug-likeness (QED) is 0.389. The summed E-state index contributed by atoms with van der Waals surface area (Å²) in [5.74, 6) is -2.70. The van der Waals surface area contributed by atoms with Crippen molar-refractivity contribution in [1.82, 2.24) is 29.6 Å². The molecular formula is C25H21F3N6O3. The van der Waals surface area contributed by atoms with Gasteiger partial charge in [-0.2, -0.15) is 18.3 Å². The van der Waals surface area contributed by atoms with Crippen molar-refractivity contribution in [2.24, 2.45) is 0 Å². The number of nitrogens with one attached hydrogen (secondary N) is 1. The number of imidazole rings is 1. The Balaban J connectivity index is 1.42. The van der Waals surface area contributed by atoms with Crippen LogP contribution in [-0.4, -0.2) is 60.8 Å². The number of pyridine rings is 1. The molecule has 1 aliphatic heterocycles. The summed E-state index contributed by atoms with van der Waals surface area (Å²) in [6, 6.07) is 13.1. The number of aromatic nitrogens is 5. The third-order valence-electron chi connectivity index (χ3n) is 5.92. The molecule has 12 heteroatoms. The van der Waals surface area contributed by atoms with Crippen molar-refractivity contribution in [1.29, 1.82) is 0 Å². The van der Waals surface area contributed by atoms with Crippen LogP contribution in [0, 0.1) is 0 Å². The molecular weight excluding hydrogens is 489 g/mol. The van der Waals surface area contributed by atoms with Crippen LogP contribution in [0.1, 0.15) is 19.1 Å². The van der Waals surface area contributed by atoms with E-state index in [2.05, 4.69) is 24.8 Å². The van der Waals surface area contributed by atoms with E-state index in [1.165, 1.54) is 17.3 Å². The number of halogens is 3. The fourth-order valence-corrected chi connectivity index (χ4v) is 4.05. The maximum absolute atomic E-state index is 12.9. The van der Waals surface area contributed by atoms with E-state index in [1.807, 2.05) is 30.3 Å². The number of likely N-dealkylation sites (tertiary alicyclic amines) is 1. The van der Waals surface area contributed by atoms with Gasteiger partial charge in [-0.05, 0) is 36.1 Å². The highest BCUT2D eigenvalue weighted by Crippen LogP contribution is 2.28. The van der Waals surface area contributed by atoms with Gasteiger partial charge in [0, 0.05) is 31.0 Å². The third kappa shape index (κ3) is 5.22. The molecule has 1 N–H and O–H groups in total. The standard InChI is InChI=1S/C25H21F3N6O3/c26-25(27,28)24(36)37-23(22(35)33-10-4-5-11-33)34-15-18(13-31-34)17-8-9-29-19(12-17)21-30-14-20(32-21)16-6-2-1-3-7-16/h1-3,6-9,12-15,23H,4-5,10-11H2,(H,30,32). The van der Waals surface area contributed by atoms with E-state index in [1.54, 1.807) is 24.5 Å². The van der Waals surface area contributed by atoms with E-state index in [9.17, 15) is 22.8 Å². The first-order valence-corrected chi connectivity index (χ1v) is 11.5. The molecule has 1 unspecified atom stereocenters. The molecule has 1 aromatic carbocycles. The molecule has 190 valence electrons. The molecule has 3 aromatic heterocycles. The fourth-order valence-electron chi connectivity index (χ4n) is 4.05. The van der Waals surface area contributed by atoms with Gasteiger partial charge in [0.25, 0.3) is 12.1 Å². The first-order valence-electron chi connectivity index (χ1n) is 11.5. The maximum Gasteiger partial charge on any atom is 0.491 e. The van der Waals surface area contributed by atoms with Crippen LogP contribution < -0.4 is 0 Å². The lowest BCUT2D eigenvalue weighted by Gasteiger charge is -2.23. The van der Waals surface area contributed by atoms with Gasteiger partial charge in [0.05, 0.1) is 18.1 Å². The van der Waals surface area contributed by atoms with Crippen molar-refractivity contribution in [3.05, 3.63) is 67.3 Å².